The average Bonchev–Trinajstić information content (AvgIpc) is 3.33. The van der Waals surface area contributed by atoms with Gasteiger partial charge in [0, 0.05) is 10.9 Å². The van der Waals surface area contributed by atoms with E-state index in [0.717, 1.165) is 41.1 Å². The third-order valence-corrected chi connectivity index (χ3v) is 5.82. The second kappa shape index (κ2) is 6.08. The van der Waals surface area contributed by atoms with Gasteiger partial charge in [0.15, 0.2) is 11.3 Å². The normalized spacial score (nSPS) is 16.9. The second-order valence-electron chi connectivity index (χ2n) is 6.39. The SMILES string of the molecule is O=C(Nc1cnc2cc(C(F)(F)F)nn2c1)C1(c2cccs2)CCCC1. The molecular weight excluding hydrogens is 365 g/mol. The molecule has 1 saturated carbocycles. The van der Waals surface area contributed by atoms with Gasteiger partial charge in [-0.3, -0.25) is 4.79 Å². The second-order valence-corrected chi connectivity index (χ2v) is 7.34. The van der Waals surface area contributed by atoms with Crippen LogP contribution >= 0.6 is 11.3 Å². The van der Waals surface area contributed by atoms with E-state index in [1.165, 1.54) is 12.4 Å². The van der Waals surface area contributed by atoms with E-state index in [4.69, 9.17) is 0 Å². The van der Waals surface area contributed by atoms with E-state index in [9.17, 15) is 18.0 Å². The van der Waals surface area contributed by atoms with Crippen molar-refractivity contribution in [3.8, 4) is 0 Å². The van der Waals surface area contributed by atoms with Crippen LogP contribution in [0.4, 0.5) is 18.9 Å². The van der Waals surface area contributed by atoms with Crippen molar-refractivity contribution in [2.75, 3.05) is 5.32 Å². The molecule has 0 unspecified atom stereocenters. The highest BCUT2D eigenvalue weighted by molar-refractivity contribution is 7.10. The van der Waals surface area contributed by atoms with E-state index in [1.807, 2.05) is 17.5 Å². The molecule has 26 heavy (non-hydrogen) atoms. The molecule has 5 nitrogen and oxygen atoms in total. The number of amides is 1. The van der Waals surface area contributed by atoms with Crippen molar-refractivity contribution in [2.45, 2.75) is 37.3 Å². The lowest BCUT2D eigenvalue weighted by atomic mass is 9.83. The number of carbonyl (C=O) groups excluding carboxylic acids is 1. The van der Waals surface area contributed by atoms with Crippen molar-refractivity contribution in [2.24, 2.45) is 0 Å². The number of rotatable bonds is 3. The molecule has 1 aliphatic carbocycles. The van der Waals surface area contributed by atoms with Crippen LogP contribution in [0.15, 0.2) is 36.0 Å². The number of halogens is 3. The Kier molecular flexibility index (Phi) is 3.98. The highest BCUT2D eigenvalue weighted by Crippen LogP contribution is 2.44. The summed E-state index contributed by atoms with van der Waals surface area (Å²) in [5.41, 5.74) is -1.20. The Bertz CT molecular complexity index is 943. The van der Waals surface area contributed by atoms with Crippen molar-refractivity contribution < 1.29 is 18.0 Å². The maximum atomic E-state index is 13.0. The molecule has 3 aromatic heterocycles. The molecule has 3 aromatic rings. The Morgan fingerprint density at radius 3 is 2.73 bits per heavy atom. The molecule has 1 fully saturated rings. The zero-order chi connectivity index (χ0) is 18.4. The standard InChI is InChI=1S/C17H15F3N4OS/c18-17(19,20)12-8-14-21-9-11(10-24(14)23-12)22-15(25)16(5-1-2-6-16)13-4-3-7-26-13/h3-4,7-10H,1-2,5-6H2,(H,22,25). The van der Waals surface area contributed by atoms with Gasteiger partial charge in [0.2, 0.25) is 5.91 Å². The zero-order valence-electron chi connectivity index (χ0n) is 13.6. The first-order chi connectivity index (χ1) is 12.4. The number of carbonyl (C=O) groups is 1. The predicted octanol–water partition coefficient (Wildman–Crippen LogP) is 4.26. The summed E-state index contributed by atoms with van der Waals surface area (Å²) in [5.74, 6) is -0.151. The van der Waals surface area contributed by atoms with Gasteiger partial charge in [0.1, 0.15) is 0 Å². The first-order valence-corrected chi connectivity index (χ1v) is 9.04. The molecule has 1 amide bonds. The lowest BCUT2D eigenvalue weighted by Crippen LogP contribution is -2.37. The molecule has 136 valence electrons. The molecule has 0 radical (unpaired) electrons. The van der Waals surface area contributed by atoms with E-state index in [2.05, 4.69) is 15.4 Å². The van der Waals surface area contributed by atoms with E-state index in [-0.39, 0.29) is 11.6 Å². The van der Waals surface area contributed by atoms with Gasteiger partial charge in [-0.25, -0.2) is 9.50 Å². The van der Waals surface area contributed by atoms with Gasteiger partial charge in [-0.15, -0.1) is 11.3 Å². The minimum atomic E-state index is -4.54. The smallest absolute Gasteiger partial charge is 0.323 e. The third kappa shape index (κ3) is 2.86. The molecule has 0 spiro atoms. The highest BCUT2D eigenvalue weighted by atomic mass is 32.1. The average molecular weight is 380 g/mol. The van der Waals surface area contributed by atoms with Gasteiger partial charge in [-0.05, 0) is 24.3 Å². The predicted molar refractivity (Wildman–Crippen MR) is 91.1 cm³/mol. The number of hydrogen-bond donors (Lipinski definition) is 1. The maximum Gasteiger partial charge on any atom is 0.435 e. The number of nitrogens with one attached hydrogen (secondary N) is 1. The molecule has 0 aromatic carbocycles. The van der Waals surface area contributed by atoms with Crippen molar-refractivity contribution in [3.63, 3.8) is 0 Å². The molecule has 3 heterocycles. The third-order valence-electron chi connectivity index (χ3n) is 4.75. The quantitative estimate of drug-likeness (QED) is 0.739. The monoisotopic (exact) mass is 380 g/mol. The molecule has 0 atom stereocenters. The van der Waals surface area contributed by atoms with Gasteiger partial charge in [-0.2, -0.15) is 18.3 Å². The number of anilines is 1. The van der Waals surface area contributed by atoms with Crippen LogP contribution in [0.2, 0.25) is 0 Å². The number of alkyl halides is 3. The van der Waals surface area contributed by atoms with Gasteiger partial charge < -0.3 is 5.32 Å². The van der Waals surface area contributed by atoms with E-state index < -0.39 is 17.3 Å². The van der Waals surface area contributed by atoms with Gasteiger partial charge in [0.05, 0.1) is 23.5 Å². The van der Waals surface area contributed by atoms with E-state index >= 15 is 0 Å². The van der Waals surface area contributed by atoms with Crippen molar-refractivity contribution in [1.29, 1.82) is 0 Å². The largest absolute Gasteiger partial charge is 0.435 e. The van der Waals surface area contributed by atoms with E-state index in [1.54, 1.807) is 11.3 Å². The fourth-order valence-corrected chi connectivity index (χ4v) is 4.43. The van der Waals surface area contributed by atoms with Crippen LogP contribution in [0.1, 0.15) is 36.3 Å². The summed E-state index contributed by atoms with van der Waals surface area (Å²) in [6.45, 7) is 0. The minimum absolute atomic E-state index is 0.0733. The first kappa shape index (κ1) is 17.0. The van der Waals surface area contributed by atoms with Crippen LogP contribution in [0.5, 0.6) is 0 Å². The molecule has 0 aliphatic heterocycles. The molecule has 1 N–H and O–H groups in total. The van der Waals surface area contributed by atoms with Crippen LogP contribution in [-0.2, 0) is 16.4 Å². The summed E-state index contributed by atoms with van der Waals surface area (Å²) in [7, 11) is 0. The van der Waals surface area contributed by atoms with Crippen LogP contribution < -0.4 is 5.32 Å². The summed E-state index contributed by atoms with van der Waals surface area (Å²) in [6, 6.07) is 4.75. The lowest BCUT2D eigenvalue weighted by Gasteiger charge is -2.26. The fourth-order valence-electron chi connectivity index (χ4n) is 3.45. The van der Waals surface area contributed by atoms with Gasteiger partial charge in [0.25, 0.3) is 0 Å². The van der Waals surface area contributed by atoms with E-state index in [0.29, 0.717) is 5.69 Å². The number of nitrogens with zero attached hydrogens (tertiary/aromatic N) is 3. The molecule has 0 bridgehead atoms. The van der Waals surface area contributed by atoms with Crippen molar-refractivity contribution >= 4 is 28.6 Å². The summed E-state index contributed by atoms with van der Waals surface area (Å²) in [4.78, 5) is 18.0. The Balaban J connectivity index is 1.63. The summed E-state index contributed by atoms with van der Waals surface area (Å²) < 4.78 is 39.4. The fraction of sp³-hybridized carbons (Fsp3) is 0.353. The summed E-state index contributed by atoms with van der Waals surface area (Å²) in [5, 5.41) is 8.26. The molecule has 1 aliphatic rings. The van der Waals surface area contributed by atoms with Gasteiger partial charge in [-0.1, -0.05) is 18.9 Å². The lowest BCUT2D eigenvalue weighted by molar-refractivity contribution is -0.141. The Labute approximate surface area is 150 Å². The maximum absolute atomic E-state index is 13.0. The van der Waals surface area contributed by atoms with Gasteiger partial charge >= 0.3 is 6.18 Å². The zero-order valence-corrected chi connectivity index (χ0v) is 14.4. The topological polar surface area (TPSA) is 59.3 Å². The van der Waals surface area contributed by atoms with Crippen LogP contribution in [-0.4, -0.2) is 20.5 Å². The van der Waals surface area contributed by atoms with Crippen LogP contribution in [0, 0.1) is 0 Å². The minimum Gasteiger partial charge on any atom is -0.323 e. The summed E-state index contributed by atoms with van der Waals surface area (Å²) in [6.07, 6.45) is 1.63. The molecule has 9 heteroatoms. The number of hydrogen-bond acceptors (Lipinski definition) is 4. The Morgan fingerprint density at radius 1 is 1.31 bits per heavy atom. The van der Waals surface area contributed by atoms with Crippen LogP contribution in [0.3, 0.4) is 0 Å². The molecule has 4 rings (SSSR count). The number of aromatic nitrogens is 3. The highest BCUT2D eigenvalue weighted by Gasteiger charge is 2.43. The first-order valence-electron chi connectivity index (χ1n) is 8.17. The van der Waals surface area contributed by atoms with Crippen molar-refractivity contribution in [1.82, 2.24) is 14.6 Å². The number of fused-ring (bicyclic) bond motifs is 1. The number of thiophene rings is 1. The molecular formula is C17H15F3N4OS. The van der Waals surface area contributed by atoms with Crippen molar-refractivity contribution in [3.05, 3.63) is 46.5 Å². The van der Waals surface area contributed by atoms with Crippen LogP contribution in [0.25, 0.3) is 5.65 Å². The Morgan fingerprint density at radius 2 is 2.08 bits per heavy atom. The summed E-state index contributed by atoms with van der Waals surface area (Å²) >= 11 is 1.55. The Hall–Kier alpha value is -2.42. The molecule has 0 saturated heterocycles.